The summed E-state index contributed by atoms with van der Waals surface area (Å²) >= 11 is 0. The number of primary amides is 1. The van der Waals surface area contributed by atoms with Gasteiger partial charge in [-0.1, -0.05) is 0 Å². The Bertz CT molecular complexity index is 251. The van der Waals surface area contributed by atoms with E-state index in [0.717, 1.165) is 39.3 Å². The Hall–Kier alpha value is -0.690. The fourth-order valence-corrected chi connectivity index (χ4v) is 2.29. The summed E-state index contributed by atoms with van der Waals surface area (Å²) in [5.74, 6) is -0.263. The van der Waals surface area contributed by atoms with Crippen LogP contribution in [-0.2, 0) is 4.79 Å². The molecule has 0 saturated carbocycles. The first-order valence-electron chi connectivity index (χ1n) is 6.62. The molecule has 1 aliphatic rings. The summed E-state index contributed by atoms with van der Waals surface area (Å²) in [5, 5.41) is 0. The second-order valence-electron chi connectivity index (χ2n) is 5.24. The number of piperazine rings is 1. The third kappa shape index (κ3) is 5.30. The lowest BCUT2D eigenvalue weighted by Crippen LogP contribution is -2.53. The Labute approximate surface area is 110 Å². The molecule has 18 heavy (non-hydrogen) atoms. The van der Waals surface area contributed by atoms with Crippen molar-refractivity contribution >= 4 is 5.91 Å². The molecule has 0 radical (unpaired) electrons. The molecular weight excluding hydrogens is 230 g/mol. The largest absolute Gasteiger partial charge is 0.370 e. The molecule has 0 aliphatic carbocycles. The maximum Gasteiger partial charge on any atom is 0.219 e. The van der Waals surface area contributed by atoms with Crippen LogP contribution in [0.25, 0.3) is 0 Å². The van der Waals surface area contributed by atoms with Crippen molar-refractivity contribution in [3.63, 3.8) is 0 Å². The van der Waals surface area contributed by atoms with Crippen LogP contribution in [0.1, 0.15) is 6.42 Å². The Morgan fingerprint density at radius 2 is 1.89 bits per heavy atom. The molecule has 1 heterocycles. The van der Waals surface area contributed by atoms with E-state index in [2.05, 4.69) is 28.8 Å². The first kappa shape index (κ1) is 15.4. The highest BCUT2D eigenvalue weighted by Crippen LogP contribution is 2.08. The summed E-state index contributed by atoms with van der Waals surface area (Å²) in [5.41, 5.74) is 11.0. The van der Waals surface area contributed by atoms with Crippen molar-refractivity contribution in [1.82, 2.24) is 14.7 Å². The van der Waals surface area contributed by atoms with Crippen molar-refractivity contribution in [1.29, 1.82) is 0 Å². The quantitative estimate of drug-likeness (QED) is 0.572. The molecule has 106 valence electrons. The van der Waals surface area contributed by atoms with Gasteiger partial charge in [0.2, 0.25) is 5.91 Å². The van der Waals surface area contributed by atoms with E-state index in [0.29, 0.717) is 13.0 Å². The van der Waals surface area contributed by atoms with Crippen LogP contribution in [-0.4, -0.2) is 86.6 Å². The van der Waals surface area contributed by atoms with E-state index in [4.69, 9.17) is 11.5 Å². The zero-order chi connectivity index (χ0) is 13.5. The van der Waals surface area contributed by atoms with Crippen LogP contribution < -0.4 is 11.5 Å². The minimum atomic E-state index is -0.263. The van der Waals surface area contributed by atoms with E-state index < -0.39 is 0 Å². The lowest BCUT2D eigenvalue weighted by Gasteiger charge is -2.38. The molecule has 1 atom stereocenters. The summed E-state index contributed by atoms with van der Waals surface area (Å²) < 4.78 is 0. The van der Waals surface area contributed by atoms with Crippen molar-refractivity contribution in [2.24, 2.45) is 11.5 Å². The minimum Gasteiger partial charge on any atom is -0.370 e. The molecule has 0 aromatic heterocycles. The van der Waals surface area contributed by atoms with Crippen LogP contribution in [0.2, 0.25) is 0 Å². The van der Waals surface area contributed by atoms with Gasteiger partial charge in [-0.3, -0.25) is 14.6 Å². The number of nitrogens with zero attached hydrogens (tertiary/aromatic N) is 3. The average Bonchev–Trinajstić information content (AvgIpc) is 2.34. The molecule has 6 heteroatoms. The maximum atomic E-state index is 11.0. The van der Waals surface area contributed by atoms with E-state index in [9.17, 15) is 4.79 Å². The van der Waals surface area contributed by atoms with Gasteiger partial charge in [-0.05, 0) is 14.1 Å². The molecule has 1 fully saturated rings. The van der Waals surface area contributed by atoms with Gasteiger partial charge < -0.3 is 16.4 Å². The number of carbonyl (C=O) groups is 1. The third-order valence-corrected chi connectivity index (χ3v) is 3.50. The van der Waals surface area contributed by atoms with Crippen molar-refractivity contribution in [3.8, 4) is 0 Å². The van der Waals surface area contributed by atoms with Gasteiger partial charge in [0.15, 0.2) is 0 Å². The number of rotatable bonds is 7. The summed E-state index contributed by atoms with van der Waals surface area (Å²) in [6.07, 6.45) is 0.369. The molecule has 6 nitrogen and oxygen atoms in total. The predicted molar refractivity (Wildman–Crippen MR) is 73.2 cm³/mol. The second kappa shape index (κ2) is 7.68. The Morgan fingerprint density at radius 3 is 2.33 bits per heavy atom. The highest BCUT2D eigenvalue weighted by Gasteiger charge is 2.23. The minimum absolute atomic E-state index is 0.110. The van der Waals surface area contributed by atoms with E-state index in [1.807, 2.05) is 0 Å². The molecule has 1 amide bonds. The zero-order valence-corrected chi connectivity index (χ0v) is 11.6. The molecule has 4 N–H and O–H groups in total. The fourth-order valence-electron chi connectivity index (χ4n) is 2.29. The van der Waals surface area contributed by atoms with Gasteiger partial charge in [-0.15, -0.1) is 0 Å². The van der Waals surface area contributed by atoms with Gasteiger partial charge in [0.1, 0.15) is 0 Å². The third-order valence-electron chi connectivity index (χ3n) is 3.50. The number of carbonyl (C=O) groups excluding carboxylic acids is 1. The van der Waals surface area contributed by atoms with Gasteiger partial charge in [0, 0.05) is 58.3 Å². The zero-order valence-electron chi connectivity index (χ0n) is 11.6. The number of hydrogen-bond donors (Lipinski definition) is 2. The molecule has 0 aromatic carbocycles. The van der Waals surface area contributed by atoms with Gasteiger partial charge >= 0.3 is 0 Å². The predicted octanol–water partition coefficient (Wildman–Crippen LogP) is -1.63. The van der Waals surface area contributed by atoms with Gasteiger partial charge in [-0.2, -0.15) is 0 Å². The number of hydrogen-bond acceptors (Lipinski definition) is 5. The molecule has 1 rings (SSSR count). The smallest absolute Gasteiger partial charge is 0.219 e. The molecule has 1 unspecified atom stereocenters. The normalized spacial score (nSPS) is 20.2. The van der Waals surface area contributed by atoms with Gasteiger partial charge in [0.05, 0.1) is 0 Å². The van der Waals surface area contributed by atoms with Crippen molar-refractivity contribution < 1.29 is 4.79 Å². The molecule has 1 saturated heterocycles. The SMILES string of the molecule is CN(C)CCN1CCN(C(CN)CC(N)=O)CC1. The fraction of sp³-hybridized carbons (Fsp3) is 0.917. The van der Waals surface area contributed by atoms with Crippen LogP contribution in [0.4, 0.5) is 0 Å². The first-order chi connectivity index (χ1) is 8.52. The van der Waals surface area contributed by atoms with Crippen LogP contribution in [0.3, 0.4) is 0 Å². The monoisotopic (exact) mass is 257 g/mol. The van der Waals surface area contributed by atoms with E-state index in [-0.39, 0.29) is 11.9 Å². The lowest BCUT2D eigenvalue weighted by molar-refractivity contribution is -0.119. The molecule has 0 bridgehead atoms. The maximum absolute atomic E-state index is 11.0. The Morgan fingerprint density at radius 1 is 1.28 bits per heavy atom. The lowest BCUT2D eigenvalue weighted by atomic mass is 10.1. The molecule has 0 aromatic rings. The Kier molecular flexibility index (Phi) is 6.56. The van der Waals surface area contributed by atoms with Crippen LogP contribution >= 0.6 is 0 Å². The van der Waals surface area contributed by atoms with Crippen molar-refractivity contribution in [2.75, 3.05) is 59.9 Å². The van der Waals surface area contributed by atoms with Crippen molar-refractivity contribution in [3.05, 3.63) is 0 Å². The first-order valence-corrected chi connectivity index (χ1v) is 6.62. The van der Waals surface area contributed by atoms with Crippen LogP contribution in [0, 0.1) is 0 Å². The van der Waals surface area contributed by atoms with E-state index >= 15 is 0 Å². The molecule has 0 spiro atoms. The number of likely N-dealkylation sites (N-methyl/N-ethyl adjacent to an activating group) is 1. The highest BCUT2D eigenvalue weighted by molar-refractivity contribution is 5.74. The summed E-state index contributed by atoms with van der Waals surface area (Å²) in [7, 11) is 4.18. The molecular formula is C12H27N5O. The Balaban J connectivity index is 2.30. The second-order valence-corrected chi connectivity index (χ2v) is 5.24. The number of amides is 1. The van der Waals surface area contributed by atoms with Gasteiger partial charge in [-0.25, -0.2) is 0 Å². The number of nitrogens with two attached hydrogens (primary N) is 2. The van der Waals surface area contributed by atoms with Gasteiger partial charge in [0.25, 0.3) is 0 Å². The van der Waals surface area contributed by atoms with E-state index in [1.165, 1.54) is 0 Å². The summed E-state index contributed by atoms with van der Waals surface area (Å²) in [4.78, 5) is 17.9. The van der Waals surface area contributed by atoms with Crippen molar-refractivity contribution in [2.45, 2.75) is 12.5 Å². The summed E-state index contributed by atoms with van der Waals surface area (Å²) in [6.45, 7) is 6.73. The standard InChI is InChI=1S/C12H27N5O/c1-15(2)3-4-16-5-7-17(8-6-16)11(10-13)9-12(14)18/h11H,3-10,13H2,1-2H3,(H2,14,18). The topological polar surface area (TPSA) is 78.8 Å². The highest BCUT2D eigenvalue weighted by atomic mass is 16.1. The van der Waals surface area contributed by atoms with Crippen LogP contribution in [0.15, 0.2) is 0 Å². The molecule has 1 aliphatic heterocycles. The van der Waals surface area contributed by atoms with E-state index in [1.54, 1.807) is 0 Å². The average molecular weight is 257 g/mol. The van der Waals surface area contributed by atoms with Crippen LogP contribution in [0.5, 0.6) is 0 Å². The summed E-state index contributed by atoms with van der Waals surface area (Å²) in [6, 6.07) is 0.110.